The zero-order chi connectivity index (χ0) is 35.9. The number of amides is 2. The van der Waals surface area contributed by atoms with Crippen molar-refractivity contribution in [1.82, 2.24) is 24.8 Å². The van der Waals surface area contributed by atoms with E-state index in [1.165, 1.54) is 0 Å². The Bertz CT molecular complexity index is 2190. The fourth-order valence-electron chi connectivity index (χ4n) is 6.90. The lowest BCUT2D eigenvalue weighted by molar-refractivity contribution is 0.0288. The predicted molar refractivity (Wildman–Crippen MR) is 203 cm³/mol. The summed E-state index contributed by atoms with van der Waals surface area (Å²) in [4.78, 5) is 38.0. The first-order chi connectivity index (χ1) is 24.5. The molecule has 3 heterocycles. The maximum absolute atomic E-state index is 14.7. The van der Waals surface area contributed by atoms with Crippen LogP contribution in [0.15, 0.2) is 109 Å². The summed E-state index contributed by atoms with van der Waals surface area (Å²) >= 11 is 12.8. The van der Waals surface area contributed by atoms with Crippen molar-refractivity contribution in [3.63, 3.8) is 0 Å². The maximum atomic E-state index is 14.7. The minimum absolute atomic E-state index is 0.153. The molecule has 1 fully saturated rings. The Morgan fingerprint density at radius 2 is 1.57 bits per heavy atom. The highest BCUT2D eigenvalue weighted by Gasteiger charge is 2.40. The number of nitrogens with zero attached hydrogens (tertiary/aromatic N) is 3. The zero-order valence-electron chi connectivity index (χ0n) is 28.9. The van der Waals surface area contributed by atoms with E-state index in [1.54, 1.807) is 4.90 Å². The van der Waals surface area contributed by atoms with Crippen molar-refractivity contribution in [3.05, 3.63) is 136 Å². The molecule has 1 saturated heterocycles. The second-order valence-corrected chi connectivity index (χ2v) is 14.9. The topological polar surface area (TPSA) is 92.2 Å². The molecule has 0 aliphatic carbocycles. The molecule has 3 atom stereocenters. The van der Waals surface area contributed by atoms with E-state index >= 15 is 0 Å². The molecule has 0 bridgehead atoms. The number of nitrogens with one attached hydrogen (secondary N) is 2. The number of carbonyl (C=O) groups excluding carboxylic acids is 2. The number of rotatable bonds is 7. The Morgan fingerprint density at radius 1 is 0.902 bits per heavy atom. The molecule has 0 unspecified atom stereocenters. The number of fused-ring (bicyclic) bond motifs is 1. The SMILES string of the molecule is C[C@@H](c1ccc(Cl)cc1)n1cnc(-c2ccccc2)c1-c1c(C(=O)N[C@@H]2CN(C(=O)OC(C)(C)C)C[C@H]2c2ccccc2)[nH]c2cc(Cl)ccc12. The molecule has 7 rings (SSSR count). The van der Waals surface area contributed by atoms with E-state index in [-0.39, 0.29) is 23.9 Å². The van der Waals surface area contributed by atoms with E-state index in [0.29, 0.717) is 34.4 Å². The molecule has 1 aliphatic heterocycles. The van der Waals surface area contributed by atoms with Gasteiger partial charge in [-0.1, -0.05) is 102 Å². The van der Waals surface area contributed by atoms with Crippen molar-refractivity contribution < 1.29 is 14.3 Å². The molecule has 2 amide bonds. The van der Waals surface area contributed by atoms with Crippen LogP contribution in [0.3, 0.4) is 0 Å². The Labute approximate surface area is 307 Å². The third kappa shape index (κ3) is 7.12. The second kappa shape index (κ2) is 13.9. The summed E-state index contributed by atoms with van der Waals surface area (Å²) in [5.74, 6) is -0.458. The number of carbonyl (C=O) groups is 2. The quantitative estimate of drug-likeness (QED) is 0.172. The van der Waals surface area contributed by atoms with Gasteiger partial charge in [-0.15, -0.1) is 0 Å². The summed E-state index contributed by atoms with van der Waals surface area (Å²) in [5, 5.41) is 5.34. The first-order valence-corrected chi connectivity index (χ1v) is 17.8. The lowest BCUT2D eigenvalue weighted by Gasteiger charge is -2.24. The van der Waals surface area contributed by atoms with Crippen molar-refractivity contribution in [2.45, 2.75) is 51.3 Å². The zero-order valence-corrected chi connectivity index (χ0v) is 30.4. The molecular weight excluding hydrogens is 681 g/mol. The van der Waals surface area contributed by atoms with E-state index < -0.39 is 11.7 Å². The number of imidazole rings is 1. The van der Waals surface area contributed by atoms with Crippen LogP contribution in [0.2, 0.25) is 10.0 Å². The molecule has 0 radical (unpaired) electrons. The molecule has 260 valence electrons. The number of hydrogen-bond acceptors (Lipinski definition) is 4. The van der Waals surface area contributed by atoms with Gasteiger partial charge >= 0.3 is 6.09 Å². The van der Waals surface area contributed by atoms with Crippen molar-refractivity contribution in [1.29, 1.82) is 0 Å². The summed E-state index contributed by atoms with van der Waals surface area (Å²) in [5.41, 5.74) is 5.64. The van der Waals surface area contributed by atoms with E-state index in [0.717, 1.165) is 39.0 Å². The Morgan fingerprint density at radius 3 is 2.25 bits per heavy atom. The number of aromatic nitrogens is 3. The highest BCUT2D eigenvalue weighted by Crippen LogP contribution is 2.41. The first kappa shape index (κ1) is 34.4. The average Bonchev–Trinajstić information content (AvgIpc) is 3.83. The van der Waals surface area contributed by atoms with Gasteiger partial charge in [0.25, 0.3) is 5.91 Å². The smallest absolute Gasteiger partial charge is 0.410 e. The summed E-state index contributed by atoms with van der Waals surface area (Å²) in [6.45, 7) is 8.34. The molecular formula is C41H39Cl2N5O3. The van der Waals surface area contributed by atoms with Gasteiger partial charge in [0.15, 0.2) is 0 Å². The summed E-state index contributed by atoms with van der Waals surface area (Å²) in [7, 11) is 0. The Balaban J connectivity index is 1.35. The highest BCUT2D eigenvalue weighted by atomic mass is 35.5. The van der Waals surface area contributed by atoms with Crippen LogP contribution in [-0.2, 0) is 4.74 Å². The molecule has 6 aromatic rings. The van der Waals surface area contributed by atoms with Gasteiger partial charge in [-0.3, -0.25) is 4.79 Å². The molecule has 0 saturated carbocycles. The maximum Gasteiger partial charge on any atom is 0.410 e. The van der Waals surface area contributed by atoms with Crippen molar-refractivity contribution >= 4 is 46.1 Å². The summed E-state index contributed by atoms with van der Waals surface area (Å²) < 4.78 is 7.84. The van der Waals surface area contributed by atoms with E-state index in [2.05, 4.69) is 21.8 Å². The van der Waals surface area contributed by atoms with Gasteiger partial charge in [-0.2, -0.15) is 0 Å². The number of benzene rings is 4. The largest absolute Gasteiger partial charge is 0.444 e. The third-order valence-electron chi connectivity index (χ3n) is 9.35. The minimum atomic E-state index is -0.649. The van der Waals surface area contributed by atoms with Crippen molar-refractivity contribution in [2.75, 3.05) is 13.1 Å². The molecule has 51 heavy (non-hydrogen) atoms. The van der Waals surface area contributed by atoms with Crippen LogP contribution in [0.5, 0.6) is 0 Å². The van der Waals surface area contributed by atoms with Crippen LogP contribution in [0, 0.1) is 0 Å². The van der Waals surface area contributed by atoms with Crippen LogP contribution in [0.25, 0.3) is 33.4 Å². The Hall–Kier alpha value is -5.05. The van der Waals surface area contributed by atoms with Crippen LogP contribution in [0.1, 0.15) is 61.3 Å². The Kier molecular flexibility index (Phi) is 9.40. The number of hydrogen-bond donors (Lipinski definition) is 2. The van der Waals surface area contributed by atoms with Crippen LogP contribution >= 0.6 is 23.2 Å². The summed E-state index contributed by atoms with van der Waals surface area (Å²) in [6, 6.07) is 32.7. The number of aromatic amines is 1. The third-order valence-corrected chi connectivity index (χ3v) is 9.84. The van der Waals surface area contributed by atoms with Gasteiger partial charge in [0.2, 0.25) is 0 Å². The fourth-order valence-corrected chi connectivity index (χ4v) is 7.20. The highest BCUT2D eigenvalue weighted by molar-refractivity contribution is 6.31. The van der Waals surface area contributed by atoms with Gasteiger partial charge in [-0.05, 0) is 63.1 Å². The molecule has 2 aromatic heterocycles. The minimum Gasteiger partial charge on any atom is -0.444 e. The number of likely N-dealkylation sites (tertiary alicyclic amines) is 1. The monoisotopic (exact) mass is 719 g/mol. The molecule has 2 N–H and O–H groups in total. The fraction of sp³-hybridized carbons (Fsp3) is 0.244. The first-order valence-electron chi connectivity index (χ1n) is 17.0. The van der Waals surface area contributed by atoms with Gasteiger partial charge < -0.3 is 24.5 Å². The van der Waals surface area contributed by atoms with Gasteiger partial charge in [0, 0.05) is 51.1 Å². The average molecular weight is 721 g/mol. The van der Waals surface area contributed by atoms with Crippen molar-refractivity contribution in [2.24, 2.45) is 0 Å². The number of ether oxygens (including phenoxy) is 1. The molecule has 4 aromatic carbocycles. The number of halogens is 2. The normalized spacial score (nSPS) is 16.7. The number of H-pyrrole nitrogens is 1. The lowest BCUT2D eigenvalue weighted by atomic mass is 9.94. The standard InChI is InChI=1S/C41H39Cl2N5O3/c1-25(26-15-17-29(42)18-16-26)48-24-44-36(28-13-9-6-10-14-28)38(48)35-31-20-19-30(43)21-33(31)45-37(35)39(49)46-34-23-47(40(50)51-41(2,3)4)22-32(34)27-11-7-5-8-12-27/h5-21,24-25,32,34,45H,22-23H2,1-4H3,(H,46,49)/t25-,32-,34+/m0/s1. The lowest BCUT2D eigenvalue weighted by Crippen LogP contribution is -2.41. The molecule has 10 heteroatoms. The molecule has 1 aliphatic rings. The van der Waals surface area contributed by atoms with Crippen LogP contribution in [0.4, 0.5) is 4.79 Å². The second-order valence-electron chi connectivity index (χ2n) is 14.0. The van der Waals surface area contributed by atoms with E-state index in [9.17, 15) is 9.59 Å². The van der Waals surface area contributed by atoms with Crippen LogP contribution < -0.4 is 5.32 Å². The van der Waals surface area contributed by atoms with E-state index in [1.807, 2.05) is 130 Å². The molecule has 8 nitrogen and oxygen atoms in total. The van der Waals surface area contributed by atoms with Crippen molar-refractivity contribution in [3.8, 4) is 22.5 Å². The van der Waals surface area contributed by atoms with Gasteiger partial charge in [0.1, 0.15) is 11.3 Å². The van der Waals surface area contributed by atoms with E-state index in [4.69, 9.17) is 32.9 Å². The molecule has 0 spiro atoms. The predicted octanol–water partition coefficient (Wildman–Crippen LogP) is 9.75. The van der Waals surface area contributed by atoms with Gasteiger partial charge in [0.05, 0.1) is 29.8 Å². The van der Waals surface area contributed by atoms with Crippen LogP contribution in [-0.4, -0.2) is 56.2 Å². The summed E-state index contributed by atoms with van der Waals surface area (Å²) in [6.07, 6.45) is 1.42. The van der Waals surface area contributed by atoms with Gasteiger partial charge in [-0.25, -0.2) is 9.78 Å².